The second-order valence-corrected chi connectivity index (χ2v) is 2.98. The van der Waals surface area contributed by atoms with Gasteiger partial charge in [-0.05, 0) is 24.3 Å². The van der Waals surface area contributed by atoms with Crippen LogP contribution in [0.15, 0.2) is 24.3 Å². The largest absolute Gasteiger partial charge is 0.573 e. The van der Waals surface area contributed by atoms with Crippen molar-refractivity contribution in [1.29, 1.82) is 0 Å². The number of hydrogen-bond acceptors (Lipinski definition) is 2. The monoisotopic (exact) mass is 241 g/mol. The van der Waals surface area contributed by atoms with Gasteiger partial charge in [0, 0.05) is 5.56 Å². The van der Waals surface area contributed by atoms with Crippen LogP contribution in [0.1, 0.15) is 5.56 Å². The maximum absolute atomic E-state index is 13.0. The van der Waals surface area contributed by atoms with E-state index in [9.17, 15) is 22.0 Å². The van der Waals surface area contributed by atoms with E-state index in [4.69, 9.17) is 5.73 Å². The maximum Gasteiger partial charge on any atom is 0.573 e. The van der Waals surface area contributed by atoms with Gasteiger partial charge in [0.15, 0.2) is 0 Å². The Morgan fingerprint density at radius 3 is 1.88 bits per heavy atom. The molecular weight excluding hydrogens is 233 g/mol. The van der Waals surface area contributed by atoms with Crippen molar-refractivity contribution in [3.8, 4) is 5.75 Å². The summed E-state index contributed by atoms with van der Waals surface area (Å²) >= 11 is 0. The smallest absolute Gasteiger partial charge is 0.406 e. The quantitative estimate of drug-likeness (QED) is 0.825. The third kappa shape index (κ3) is 3.34. The molecule has 0 unspecified atom stereocenters. The predicted octanol–water partition coefficient (Wildman–Crippen LogP) is 2.64. The molecule has 1 aromatic carbocycles. The first-order chi connectivity index (χ1) is 7.24. The lowest BCUT2D eigenvalue weighted by molar-refractivity contribution is -0.274. The molecule has 0 saturated carbocycles. The first-order valence-corrected chi connectivity index (χ1v) is 4.19. The van der Waals surface area contributed by atoms with Gasteiger partial charge in [-0.3, -0.25) is 0 Å². The molecule has 1 aromatic rings. The van der Waals surface area contributed by atoms with Crippen LogP contribution in [0, 0.1) is 0 Å². The van der Waals surface area contributed by atoms with Gasteiger partial charge in [-0.2, -0.15) is 8.78 Å². The van der Waals surface area contributed by atoms with E-state index >= 15 is 0 Å². The highest BCUT2D eigenvalue weighted by Crippen LogP contribution is 2.29. The molecule has 0 heterocycles. The summed E-state index contributed by atoms with van der Waals surface area (Å²) < 4.78 is 64.7. The molecule has 1 rings (SSSR count). The number of benzene rings is 1. The average molecular weight is 241 g/mol. The van der Waals surface area contributed by atoms with E-state index < -0.39 is 30.1 Å². The Labute approximate surface area is 87.8 Å². The lowest BCUT2D eigenvalue weighted by Crippen LogP contribution is -2.25. The second kappa shape index (κ2) is 4.25. The van der Waals surface area contributed by atoms with Crippen LogP contribution in [0.4, 0.5) is 22.0 Å². The fourth-order valence-electron chi connectivity index (χ4n) is 1.02. The van der Waals surface area contributed by atoms with Crippen LogP contribution >= 0.6 is 0 Å². The van der Waals surface area contributed by atoms with Crippen LogP contribution in [0.25, 0.3) is 0 Å². The van der Waals surface area contributed by atoms with Gasteiger partial charge in [0.05, 0.1) is 6.54 Å². The van der Waals surface area contributed by atoms with Crippen molar-refractivity contribution in [2.45, 2.75) is 12.3 Å². The molecule has 0 aliphatic heterocycles. The van der Waals surface area contributed by atoms with Crippen molar-refractivity contribution in [2.24, 2.45) is 5.73 Å². The van der Waals surface area contributed by atoms with Crippen LogP contribution < -0.4 is 10.5 Å². The Hall–Kier alpha value is -1.37. The number of hydrogen-bond donors (Lipinski definition) is 1. The number of rotatable bonds is 3. The van der Waals surface area contributed by atoms with Gasteiger partial charge < -0.3 is 10.5 Å². The molecule has 0 aromatic heterocycles. The molecule has 0 radical (unpaired) electrons. The fourth-order valence-corrected chi connectivity index (χ4v) is 1.02. The number of nitrogens with two attached hydrogens (primary N) is 1. The van der Waals surface area contributed by atoms with E-state index in [1.807, 2.05) is 0 Å². The molecule has 0 fully saturated rings. The van der Waals surface area contributed by atoms with Crippen LogP contribution in [0.5, 0.6) is 5.75 Å². The minimum Gasteiger partial charge on any atom is -0.406 e. The third-order valence-corrected chi connectivity index (χ3v) is 1.77. The van der Waals surface area contributed by atoms with Crippen LogP contribution in [-0.4, -0.2) is 12.9 Å². The molecule has 16 heavy (non-hydrogen) atoms. The molecule has 0 saturated heterocycles. The van der Waals surface area contributed by atoms with E-state index in [2.05, 4.69) is 4.74 Å². The van der Waals surface area contributed by atoms with Crippen molar-refractivity contribution >= 4 is 0 Å². The van der Waals surface area contributed by atoms with E-state index in [0.29, 0.717) is 0 Å². The average Bonchev–Trinajstić information content (AvgIpc) is 2.16. The number of ether oxygens (including phenoxy) is 1. The summed E-state index contributed by atoms with van der Waals surface area (Å²) in [6.07, 6.45) is -4.84. The highest BCUT2D eigenvalue weighted by atomic mass is 19.4. The molecule has 7 heteroatoms. The zero-order valence-electron chi connectivity index (χ0n) is 7.89. The molecule has 0 bridgehead atoms. The summed E-state index contributed by atoms with van der Waals surface area (Å²) in [6, 6.07) is 3.31. The summed E-state index contributed by atoms with van der Waals surface area (Å²) in [7, 11) is 0. The van der Waals surface area contributed by atoms with Crippen molar-refractivity contribution < 1.29 is 26.7 Å². The summed E-state index contributed by atoms with van der Waals surface area (Å²) in [5.74, 6) is -3.80. The summed E-state index contributed by atoms with van der Waals surface area (Å²) in [5, 5.41) is 0. The minimum atomic E-state index is -4.84. The Morgan fingerprint density at radius 1 is 1.00 bits per heavy atom. The minimum absolute atomic E-state index is 0.454. The lowest BCUT2D eigenvalue weighted by atomic mass is 10.1. The SMILES string of the molecule is NCC(F)(F)c1ccc(OC(F)(F)F)cc1. The van der Waals surface area contributed by atoms with Gasteiger partial charge >= 0.3 is 6.36 Å². The second-order valence-electron chi connectivity index (χ2n) is 2.98. The Balaban J connectivity index is 2.84. The molecular formula is C9H8F5NO. The molecule has 2 N–H and O–H groups in total. The first-order valence-electron chi connectivity index (χ1n) is 4.19. The molecule has 0 atom stereocenters. The van der Waals surface area contributed by atoms with Gasteiger partial charge in [-0.15, -0.1) is 13.2 Å². The van der Waals surface area contributed by atoms with Gasteiger partial charge in [0.1, 0.15) is 5.75 Å². The highest BCUT2D eigenvalue weighted by molar-refractivity contribution is 5.30. The predicted molar refractivity (Wildman–Crippen MR) is 46.1 cm³/mol. The molecule has 90 valence electrons. The maximum atomic E-state index is 13.0. The van der Waals surface area contributed by atoms with Gasteiger partial charge in [-0.1, -0.05) is 0 Å². The zero-order chi connectivity index (χ0) is 12.4. The van der Waals surface area contributed by atoms with E-state index in [-0.39, 0.29) is 0 Å². The molecule has 0 aliphatic rings. The van der Waals surface area contributed by atoms with Gasteiger partial charge in [0.25, 0.3) is 5.92 Å². The standard InChI is InChI=1S/C9H8F5NO/c10-8(11,5-15)6-1-3-7(4-2-6)16-9(12,13)14/h1-4H,5,15H2. The van der Waals surface area contributed by atoms with Crippen LogP contribution in [-0.2, 0) is 5.92 Å². The summed E-state index contributed by atoms with van der Waals surface area (Å²) in [5.41, 5.74) is 4.36. The van der Waals surface area contributed by atoms with Crippen LogP contribution in [0.2, 0.25) is 0 Å². The number of halogens is 5. The normalized spacial score (nSPS) is 12.6. The lowest BCUT2D eigenvalue weighted by Gasteiger charge is -2.15. The van der Waals surface area contributed by atoms with E-state index in [1.165, 1.54) is 0 Å². The Kier molecular flexibility index (Phi) is 3.37. The molecule has 0 spiro atoms. The van der Waals surface area contributed by atoms with Crippen LogP contribution in [0.3, 0.4) is 0 Å². The third-order valence-electron chi connectivity index (χ3n) is 1.77. The highest BCUT2D eigenvalue weighted by Gasteiger charge is 2.32. The van der Waals surface area contributed by atoms with Gasteiger partial charge in [-0.25, -0.2) is 0 Å². The molecule has 2 nitrogen and oxygen atoms in total. The zero-order valence-corrected chi connectivity index (χ0v) is 7.89. The number of alkyl halides is 5. The molecule has 0 amide bonds. The molecule has 0 aliphatic carbocycles. The van der Waals surface area contributed by atoms with Crippen molar-refractivity contribution in [3.63, 3.8) is 0 Å². The van der Waals surface area contributed by atoms with Crippen molar-refractivity contribution in [3.05, 3.63) is 29.8 Å². The first kappa shape index (κ1) is 12.7. The summed E-state index contributed by atoms with van der Waals surface area (Å²) in [6.45, 7) is -0.910. The van der Waals surface area contributed by atoms with Crippen molar-refractivity contribution in [1.82, 2.24) is 0 Å². The van der Waals surface area contributed by atoms with E-state index in [1.54, 1.807) is 0 Å². The Bertz CT molecular complexity index is 346. The Morgan fingerprint density at radius 2 is 1.50 bits per heavy atom. The topological polar surface area (TPSA) is 35.2 Å². The van der Waals surface area contributed by atoms with Crippen molar-refractivity contribution in [2.75, 3.05) is 6.54 Å². The van der Waals surface area contributed by atoms with E-state index in [0.717, 1.165) is 24.3 Å². The summed E-state index contributed by atoms with van der Waals surface area (Å²) in [4.78, 5) is 0. The fraction of sp³-hybridized carbons (Fsp3) is 0.333. The van der Waals surface area contributed by atoms with Gasteiger partial charge in [0.2, 0.25) is 0 Å².